The summed E-state index contributed by atoms with van der Waals surface area (Å²) in [5.41, 5.74) is 0. The Labute approximate surface area is 142 Å². The maximum atomic E-state index is 13.2. The number of rotatable bonds is 4. The van der Waals surface area contributed by atoms with E-state index in [4.69, 9.17) is 0 Å². The van der Waals surface area contributed by atoms with Crippen LogP contribution in [0.15, 0.2) is 24.3 Å². The van der Waals surface area contributed by atoms with Gasteiger partial charge in [0, 0.05) is 0 Å². The van der Waals surface area contributed by atoms with Gasteiger partial charge in [0.1, 0.15) is 0 Å². The Morgan fingerprint density at radius 2 is 0.786 bits per heavy atom. The van der Waals surface area contributed by atoms with Gasteiger partial charge < -0.3 is 0 Å². The molecule has 8 atom stereocenters. The molecule has 0 aromatic heterocycles. The molecule has 144 valence electrons. The van der Waals surface area contributed by atoms with Crippen LogP contribution in [-0.2, 0) is 17.8 Å². The predicted molar refractivity (Wildman–Crippen MR) is 96.2 cm³/mol. The first-order chi connectivity index (χ1) is 13.2. The molecule has 3 heteroatoms. The molecule has 0 aromatic rings. The molecule has 20 aliphatic heterocycles. The third-order valence-corrected chi connectivity index (χ3v) is 116. The summed E-state index contributed by atoms with van der Waals surface area (Å²) in [4.78, 5) is 37.9. The van der Waals surface area contributed by atoms with Gasteiger partial charge >= 0.3 is 143 Å². The molecular formula is C25H22Fe2O. The molecule has 20 saturated heterocycles. The van der Waals surface area contributed by atoms with Gasteiger partial charge in [0.05, 0.1) is 0 Å². The van der Waals surface area contributed by atoms with Crippen molar-refractivity contribution in [3.63, 3.8) is 0 Å². The minimum atomic E-state index is -2.99. The van der Waals surface area contributed by atoms with E-state index < -0.39 is 13.0 Å². The van der Waals surface area contributed by atoms with Crippen molar-refractivity contribution >= 4 is 5.78 Å². The van der Waals surface area contributed by atoms with Crippen LogP contribution in [-0.4, -0.2) is 5.78 Å². The van der Waals surface area contributed by atoms with Crippen LogP contribution in [0.4, 0.5) is 0 Å². The van der Waals surface area contributed by atoms with Crippen molar-refractivity contribution in [2.45, 2.75) is 95.3 Å². The van der Waals surface area contributed by atoms with Gasteiger partial charge in [-0.2, -0.15) is 0 Å². The molecule has 20 rings (SSSR count). The van der Waals surface area contributed by atoms with E-state index in [1.54, 1.807) is 0 Å². The van der Waals surface area contributed by atoms with Gasteiger partial charge in [-0.1, -0.05) is 0 Å². The van der Waals surface area contributed by atoms with E-state index in [1.165, 1.54) is 86.7 Å². The molecule has 0 aliphatic carbocycles. The van der Waals surface area contributed by atoms with Crippen molar-refractivity contribution in [1.29, 1.82) is 0 Å². The Bertz CT molecular complexity index is 1920. The fourth-order valence-corrected chi connectivity index (χ4v) is 182. The Hall–Kier alpha value is 0.189. The Morgan fingerprint density at radius 1 is 0.500 bits per heavy atom. The molecule has 28 heavy (non-hydrogen) atoms. The summed E-state index contributed by atoms with van der Waals surface area (Å²) in [6.45, 7) is -5.99. The van der Waals surface area contributed by atoms with E-state index in [9.17, 15) is 4.79 Å². The number of ketones is 1. The van der Waals surface area contributed by atoms with Crippen LogP contribution in [0.25, 0.3) is 0 Å². The number of carbonyl (C=O) groups excluding carboxylic acids is 1. The van der Waals surface area contributed by atoms with Crippen LogP contribution < -0.4 is 0 Å². The summed E-state index contributed by atoms with van der Waals surface area (Å²) in [5.74, 6) is 0.437. The molecular weight excluding hydrogens is 428 g/mol. The molecule has 0 N–H and O–H groups in total. The van der Waals surface area contributed by atoms with Crippen LogP contribution >= 0.6 is 0 Å². The molecule has 20 heterocycles. The fourth-order valence-electron chi connectivity index (χ4n) is 34.1. The van der Waals surface area contributed by atoms with E-state index in [0.29, 0.717) is 5.78 Å². The van der Waals surface area contributed by atoms with E-state index in [1.807, 2.05) is 0 Å². The first-order valence-corrected chi connectivity index (χ1v) is 25.1. The Balaban J connectivity index is 0.867. The molecule has 20 aliphatic rings. The second-order valence-electron chi connectivity index (χ2n) is 20.5. The van der Waals surface area contributed by atoms with Gasteiger partial charge in [-0.05, 0) is 0 Å². The van der Waals surface area contributed by atoms with Gasteiger partial charge in [-0.25, -0.2) is 0 Å². The van der Waals surface area contributed by atoms with E-state index in [0.717, 1.165) is 8.63 Å². The number of fused-ring (bicyclic) bond motifs is 20. The predicted octanol–water partition coefficient (Wildman–Crippen LogP) is 7.19. The van der Waals surface area contributed by atoms with Crippen molar-refractivity contribution in [1.82, 2.24) is 0 Å². The Kier molecular flexibility index (Phi) is 0.234. The van der Waals surface area contributed by atoms with Crippen LogP contribution in [0.3, 0.4) is 0 Å². The summed E-state index contributed by atoms with van der Waals surface area (Å²) >= 11 is 0. The molecule has 2 spiro atoms. The molecule has 0 amide bonds. The SMILES string of the molecule is O=C(C=C[C]12[CH]3[CH]4[CH]5[CH]1[Fe]45321678[CH]2[CH]1[CH]6[CH]7[CH]28)C=C[C]12[CH]3[CH]4[CH]5[CH]1[Fe]45321678[CH]2[CH]1[CH]6[CH]7[CH]28. The second-order valence-corrected chi connectivity index (χ2v) is 67.7. The molecule has 0 radical (unpaired) electrons. The zero-order valence-electron chi connectivity index (χ0n) is 15.3. The molecule has 0 bridgehead atoms. The van der Waals surface area contributed by atoms with Gasteiger partial charge in [0.15, 0.2) is 0 Å². The van der Waals surface area contributed by atoms with Crippen molar-refractivity contribution in [3.05, 3.63) is 24.3 Å². The maximum absolute atomic E-state index is 13.2. The van der Waals surface area contributed by atoms with Gasteiger partial charge in [0.25, 0.3) is 0 Å². The summed E-state index contributed by atoms with van der Waals surface area (Å²) in [5, 5.41) is 0. The number of carbonyl (C=O) groups is 1. The topological polar surface area (TPSA) is 17.1 Å². The molecule has 1 nitrogen and oxygen atoms in total. The molecule has 0 aromatic carbocycles. The van der Waals surface area contributed by atoms with E-state index in [-0.39, 0.29) is 0 Å². The van der Waals surface area contributed by atoms with Gasteiger partial charge in [-0.3, -0.25) is 0 Å². The summed E-state index contributed by atoms with van der Waals surface area (Å²) in [6, 6.07) is 0. The summed E-state index contributed by atoms with van der Waals surface area (Å²) < 4.78 is 1.62. The number of hydrogen-bond acceptors (Lipinski definition) is 1. The molecule has 0 saturated carbocycles. The monoisotopic (exact) mass is 450 g/mol. The quantitative estimate of drug-likeness (QED) is 0.328. The van der Waals surface area contributed by atoms with Crippen molar-refractivity contribution in [2.24, 2.45) is 0 Å². The molecule has 20 fully saturated rings. The zero-order valence-corrected chi connectivity index (χ0v) is 17.5. The van der Waals surface area contributed by atoms with E-state index in [2.05, 4.69) is 24.3 Å². The minimum absolute atomic E-state index is 0.437. The number of allylic oxidation sites excluding steroid dienone is 4. The fraction of sp³-hybridized carbons (Fsp3) is 0.800. The van der Waals surface area contributed by atoms with Crippen LogP contribution in [0.2, 0.25) is 95.3 Å². The van der Waals surface area contributed by atoms with Crippen molar-refractivity contribution in [3.8, 4) is 0 Å². The average Bonchev–Trinajstić information content (AvgIpc) is 3.59. The zero-order chi connectivity index (χ0) is 16.4. The third kappa shape index (κ3) is 0.0865. The van der Waals surface area contributed by atoms with Crippen LogP contribution in [0, 0.1) is 0 Å². The van der Waals surface area contributed by atoms with Crippen LogP contribution in [0.5, 0.6) is 0 Å². The average molecular weight is 450 g/mol. The van der Waals surface area contributed by atoms with Gasteiger partial charge in [-0.15, -0.1) is 0 Å². The first kappa shape index (κ1) is 9.36. The summed E-state index contributed by atoms with van der Waals surface area (Å²) in [7, 11) is 0. The second kappa shape index (κ2) is 0.700. The Morgan fingerprint density at radius 3 is 0.964 bits per heavy atom. The third-order valence-electron chi connectivity index (χ3n) is 30.6. The molecule has 8 unspecified atom stereocenters. The van der Waals surface area contributed by atoms with E-state index >= 15 is 0 Å². The van der Waals surface area contributed by atoms with Crippen molar-refractivity contribution < 1.29 is 17.8 Å². The number of hydrogen-bond donors (Lipinski definition) is 0. The standard InChI is InChI=1S/C15H12O.2C5H5.2Fe/c16-15(11-9-13-5-1-2-6-13)12-10-14-7-3-4-8-14;2*1-2-4-5-3-1;;/h1-12H;2*1-5H;;. The van der Waals surface area contributed by atoms with Gasteiger partial charge in [0.2, 0.25) is 0 Å². The van der Waals surface area contributed by atoms with Crippen LogP contribution in [0.1, 0.15) is 0 Å². The summed E-state index contributed by atoms with van der Waals surface area (Å²) in [6.07, 6.45) is 9.79. The normalized spacial score (nSPS) is 143. The van der Waals surface area contributed by atoms with Crippen molar-refractivity contribution in [2.75, 3.05) is 0 Å². The first-order valence-electron chi connectivity index (χ1n) is 12.5.